The SMILES string of the molecule is C=C=C[C@@]1(F)[C@H](O)C(=C)O[C@H]1N1C=CC(=O)CC1=O. The highest BCUT2D eigenvalue weighted by molar-refractivity contribution is 6.06. The number of carbonyl (C=O) groups excluding carboxylic acids is 2. The number of halogens is 1. The van der Waals surface area contributed by atoms with Crippen LogP contribution in [0.4, 0.5) is 4.39 Å². The van der Waals surface area contributed by atoms with E-state index in [4.69, 9.17) is 4.74 Å². The number of aliphatic hydroxyl groups is 1. The van der Waals surface area contributed by atoms with Crippen molar-refractivity contribution in [2.45, 2.75) is 24.4 Å². The van der Waals surface area contributed by atoms with Gasteiger partial charge >= 0.3 is 0 Å². The molecule has 6 heteroatoms. The molecule has 0 saturated carbocycles. The van der Waals surface area contributed by atoms with E-state index in [-0.39, 0.29) is 18.0 Å². The molecule has 0 aromatic carbocycles. The number of hydrogen-bond donors (Lipinski definition) is 1. The monoisotopic (exact) mass is 265 g/mol. The maximum atomic E-state index is 14.8. The summed E-state index contributed by atoms with van der Waals surface area (Å²) in [5.74, 6) is -1.18. The van der Waals surface area contributed by atoms with Crippen LogP contribution in [0.1, 0.15) is 6.42 Å². The molecule has 5 nitrogen and oxygen atoms in total. The third kappa shape index (κ3) is 2.01. The quantitative estimate of drug-likeness (QED) is 0.586. The standard InChI is InChI=1S/C13H12FNO4/c1-3-5-13(14)11(18)8(2)19-12(13)15-6-4-9(16)7-10(15)17/h4-6,11-12,18H,1-2,7H2/t11-,12-,13-/m1/s1. The Kier molecular flexibility index (Phi) is 3.14. The Hall–Kier alpha value is -2.17. The zero-order chi connectivity index (χ0) is 14.2. The van der Waals surface area contributed by atoms with Crippen LogP contribution in [0.15, 0.2) is 43.0 Å². The van der Waals surface area contributed by atoms with Gasteiger partial charge in [-0.15, -0.1) is 5.73 Å². The first-order valence-electron chi connectivity index (χ1n) is 5.51. The van der Waals surface area contributed by atoms with Crippen molar-refractivity contribution >= 4 is 11.7 Å². The maximum absolute atomic E-state index is 14.8. The fourth-order valence-corrected chi connectivity index (χ4v) is 2.01. The van der Waals surface area contributed by atoms with Crippen molar-refractivity contribution in [3.05, 3.63) is 43.0 Å². The first kappa shape index (κ1) is 13.3. The van der Waals surface area contributed by atoms with Gasteiger partial charge in [0.1, 0.15) is 5.76 Å². The van der Waals surface area contributed by atoms with Gasteiger partial charge in [0.05, 0.1) is 6.42 Å². The van der Waals surface area contributed by atoms with Crippen LogP contribution >= 0.6 is 0 Å². The summed E-state index contributed by atoms with van der Waals surface area (Å²) in [6.07, 6.45) is -0.261. The lowest BCUT2D eigenvalue weighted by molar-refractivity contribution is -0.145. The molecule has 0 unspecified atom stereocenters. The number of rotatable bonds is 2. The molecule has 0 spiro atoms. The Labute approximate surface area is 109 Å². The van der Waals surface area contributed by atoms with Gasteiger partial charge in [-0.3, -0.25) is 14.5 Å². The molecule has 1 fully saturated rings. The minimum atomic E-state index is -2.40. The lowest BCUT2D eigenvalue weighted by Crippen LogP contribution is -2.51. The Morgan fingerprint density at radius 2 is 2.32 bits per heavy atom. The second-order valence-electron chi connectivity index (χ2n) is 4.27. The van der Waals surface area contributed by atoms with Crippen LogP contribution in [-0.2, 0) is 14.3 Å². The van der Waals surface area contributed by atoms with E-state index in [1.807, 2.05) is 0 Å². The van der Waals surface area contributed by atoms with E-state index < -0.39 is 23.9 Å². The van der Waals surface area contributed by atoms with Crippen molar-refractivity contribution in [3.63, 3.8) is 0 Å². The van der Waals surface area contributed by atoms with E-state index in [9.17, 15) is 19.1 Å². The highest BCUT2D eigenvalue weighted by Crippen LogP contribution is 2.39. The molecular weight excluding hydrogens is 253 g/mol. The van der Waals surface area contributed by atoms with E-state index in [2.05, 4.69) is 18.9 Å². The number of carbonyl (C=O) groups is 2. The van der Waals surface area contributed by atoms with Gasteiger partial charge in [-0.25, -0.2) is 4.39 Å². The lowest BCUT2D eigenvalue weighted by atomic mass is 9.97. The first-order valence-corrected chi connectivity index (χ1v) is 5.51. The smallest absolute Gasteiger partial charge is 0.237 e. The van der Waals surface area contributed by atoms with Crippen LogP contribution in [0.5, 0.6) is 0 Å². The summed E-state index contributed by atoms with van der Waals surface area (Å²) in [7, 11) is 0. The molecule has 0 aromatic rings. The van der Waals surface area contributed by atoms with Gasteiger partial charge in [0.25, 0.3) is 0 Å². The third-order valence-electron chi connectivity index (χ3n) is 2.98. The summed E-state index contributed by atoms with van der Waals surface area (Å²) >= 11 is 0. The van der Waals surface area contributed by atoms with Gasteiger partial charge in [0, 0.05) is 12.3 Å². The number of aliphatic hydroxyl groups excluding tert-OH is 1. The Bertz CT molecular complexity index is 535. The van der Waals surface area contributed by atoms with E-state index in [1.165, 1.54) is 0 Å². The minimum Gasteiger partial charge on any atom is -0.468 e. The van der Waals surface area contributed by atoms with Crippen LogP contribution in [0.2, 0.25) is 0 Å². The second kappa shape index (κ2) is 4.50. The molecule has 1 saturated heterocycles. The highest BCUT2D eigenvalue weighted by Gasteiger charge is 2.57. The number of alkyl halides is 1. The van der Waals surface area contributed by atoms with Crippen molar-refractivity contribution in [1.82, 2.24) is 4.90 Å². The van der Waals surface area contributed by atoms with Crippen molar-refractivity contribution in [2.75, 3.05) is 0 Å². The molecule has 2 aliphatic rings. The Balaban J connectivity index is 2.41. The Morgan fingerprint density at radius 3 is 2.89 bits per heavy atom. The molecule has 100 valence electrons. The molecule has 2 rings (SSSR count). The summed E-state index contributed by atoms with van der Waals surface area (Å²) in [4.78, 5) is 23.8. The summed E-state index contributed by atoms with van der Waals surface area (Å²) in [6.45, 7) is 6.64. The lowest BCUT2D eigenvalue weighted by Gasteiger charge is -2.32. The highest BCUT2D eigenvalue weighted by atomic mass is 19.1. The largest absolute Gasteiger partial charge is 0.468 e. The molecule has 0 bridgehead atoms. The number of ketones is 1. The summed E-state index contributed by atoms with van der Waals surface area (Å²) in [5, 5.41) is 9.76. The predicted molar refractivity (Wildman–Crippen MR) is 63.2 cm³/mol. The molecular formula is C13H12FNO4. The summed E-state index contributed by atoms with van der Waals surface area (Å²) in [5.41, 5.74) is -0.170. The number of ether oxygens (including phenoxy) is 1. The van der Waals surface area contributed by atoms with Gasteiger partial charge < -0.3 is 9.84 Å². The summed E-state index contributed by atoms with van der Waals surface area (Å²) < 4.78 is 19.9. The van der Waals surface area contributed by atoms with Crippen molar-refractivity contribution < 1.29 is 23.8 Å². The van der Waals surface area contributed by atoms with Gasteiger partial charge in [0.2, 0.25) is 17.8 Å². The molecule has 2 heterocycles. The first-order chi connectivity index (χ1) is 8.90. The van der Waals surface area contributed by atoms with Crippen LogP contribution < -0.4 is 0 Å². The van der Waals surface area contributed by atoms with Crippen LogP contribution in [0, 0.1) is 0 Å². The van der Waals surface area contributed by atoms with Crippen molar-refractivity contribution in [2.24, 2.45) is 0 Å². The molecule has 19 heavy (non-hydrogen) atoms. The topological polar surface area (TPSA) is 66.8 Å². The zero-order valence-corrected chi connectivity index (χ0v) is 10.0. The van der Waals surface area contributed by atoms with E-state index >= 15 is 0 Å². The fraction of sp³-hybridized carbons (Fsp3) is 0.308. The van der Waals surface area contributed by atoms with Gasteiger partial charge in [-0.1, -0.05) is 13.2 Å². The normalized spacial score (nSPS) is 34.2. The van der Waals surface area contributed by atoms with E-state index in [0.717, 1.165) is 23.3 Å². The molecule has 0 aromatic heterocycles. The average molecular weight is 265 g/mol. The number of hydrogen-bond acceptors (Lipinski definition) is 4. The second-order valence-corrected chi connectivity index (χ2v) is 4.27. The van der Waals surface area contributed by atoms with Crippen molar-refractivity contribution in [3.8, 4) is 0 Å². The molecule has 2 aliphatic heterocycles. The summed E-state index contributed by atoms with van der Waals surface area (Å²) in [6, 6.07) is 0. The van der Waals surface area contributed by atoms with Gasteiger partial charge in [-0.2, -0.15) is 0 Å². The maximum Gasteiger partial charge on any atom is 0.237 e. The zero-order valence-electron chi connectivity index (χ0n) is 10.0. The third-order valence-corrected chi connectivity index (χ3v) is 2.98. The number of amides is 1. The van der Waals surface area contributed by atoms with Crippen LogP contribution in [-0.4, -0.2) is 39.7 Å². The van der Waals surface area contributed by atoms with Gasteiger partial charge in [-0.05, 0) is 6.08 Å². The average Bonchev–Trinajstić information content (AvgIpc) is 2.55. The van der Waals surface area contributed by atoms with Gasteiger partial charge in [0.15, 0.2) is 11.9 Å². The number of allylic oxidation sites excluding steroid dienone is 1. The Morgan fingerprint density at radius 1 is 1.63 bits per heavy atom. The van der Waals surface area contributed by atoms with E-state index in [0.29, 0.717) is 0 Å². The van der Waals surface area contributed by atoms with Crippen molar-refractivity contribution in [1.29, 1.82) is 0 Å². The van der Waals surface area contributed by atoms with Crippen LogP contribution in [0.3, 0.4) is 0 Å². The molecule has 0 aliphatic carbocycles. The van der Waals surface area contributed by atoms with E-state index in [1.54, 1.807) is 0 Å². The number of nitrogens with zero attached hydrogens (tertiary/aromatic N) is 1. The van der Waals surface area contributed by atoms with Crippen LogP contribution in [0.25, 0.3) is 0 Å². The fourth-order valence-electron chi connectivity index (χ4n) is 2.01. The molecule has 0 radical (unpaired) electrons. The predicted octanol–water partition coefficient (Wildman–Crippen LogP) is 0.582. The minimum absolute atomic E-state index is 0.197. The molecule has 3 atom stereocenters. The molecule has 1 N–H and O–H groups in total. The molecule has 1 amide bonds.